The molecule has 1 rings (SSSR count). The minimum absolute atomic E-state index is 0.0383. The minimum atomic E-state index is -0.553. The van der Waals surface area contributed by atoms with Gasteiger partial charge in [0.15, 0.2) is 0 Å². The molecule has 0 aromatic rings. The van der Waals surface area contributed by atoms with E-state index in [2.05, 4.69) is 10.6 Å². The van der Waals surface area contributed by atoms with Gasteiger partial charge in [-0.15, -0.1) is 0 Å². The van der Waals surface area contributed by atoms with Crippen molar-refractivity contribution < 1.29 is 33.4 Å². The highest BCUT2D eigenvalue weighted by molar-refractivity contribution is 5.87. The van der Waals surface area contributed by atoms with Crippen molar-refractivity contribution in [2.45, 2.75) is 84.2 Å². The van der Waals surface area contributed by atoms with Crippen molar-refractivity contribution in [1.29, 1.82) is 0 Å². The first-order valence-corrected chi connectivity index (χ1v) is 13.5. The number of carbonyl (C=O) groups excluding carboxylic acids is 4. The Hall–Kier alpha value is -2.24. The number of hydrogen-bond acceptors (Lipinski definition) is 8. The zero-order chi connectivity index (χ0) is 29.2. The highest BCUT2D eigenvalue weighted by Crippen LogP contribution is 2.30. The normalized spacial score (nSPS) is 20.0. The van der Waals surface area contributed by atoms with Crippen molar-refractivity contribution in [1.82, 2.24) is 20.4 Å². The maximum atomic E-state index is 13.4. The summed E-state index contributed by atoms with van der Waals surface area (Å²) >= 11 is 0. The number of methoxy groups -OCH3 is 3. The smallest absolute Gasteiger partial charge is 0.311 e. The van der Waals surface area contributed by atoms with Crippen molar-refractivity contribution in [3.8, 4) is 0 Å². The average Bonchev–Trinajstić information content (AvgIpc) is 2.87. The fraction of sp³-hybridized carbons (Fsp3) is 0.852. The van der Waals surface area contributed by atoms with Crippen LogP contribution in [-0.2, 0) is 33.4 Å². The van der Waals surface area contributed by atoms with E-state index in [0.29, 0.717) is 6.54 Å². The van der Waals surface area contributed by atoms with Gasteiger partial charge in [-0.2, -0.15) is 0 Å². The molecule has 3 amide bonds. The van der Waals surface area contributed by atoms with Crippen molar-refractivity contribution in [3.63, 3.8) is 0 Å². The molecular weight excluding hydrogens is 492 g/mol. The monoisotopic (exact) mass is 542 g/mol. The van der Waals surface area contributed by atoms with Gasteiger partial charge in [-0.05, 0) is 32.2 Å². The Bertz CT molecular complexity index is 793. The molecule has 11 nitrogen and oxygen atoms in total. The predicted octanol–water partition coefficient (Wildman–Crippen LogP) is 1.05. The van der Waals surface area contributed by atoms with Gasteiger partial charge in [-0.25, -0.2) is 0 Å². The predicted molar refractivity (Wildman–Crippen MR) is 144 cm³/mol. The van der Waals surface area contributed by atoms with Gasteiger partial charge in [-0.1, -0.05) is 34.1 Å². The molecule has 0 aromatic heterocycles. The number of nitrogens with one attached hydrogen (secondary N) is 2. The quantitative estimate of drug-likeness (QED) is 0.277. The summed E-state index contributed by atoms with van der Waals surface area (Å²) in [4.78, 5) is 54.4. The Balaban J connectivity index is 2.97. The fourth-order valence-electron chi connectivity index (χ4n) is 5.28. The molecule has 11 heteroatoms. The van der Waals surface area contributed by atoms with Gasteiger partial charge in [0.05, 0.1) is 56.3 Å². The van der Waals surface area contributed by atoms with Crippen molar-refractivity contribution in [2.24, 2.45) is 17.8 Å². The molecule has 0 aromatic carbocycles. The Labute approximate surface area is 228 Å². The van der Waals surface area contributed by atoms with Crippen LogP contribution in [0.25, 0.3) is 0 Å². The van der Waals surface area contributed by atoms with Crippen LogP contribution >= 0.6 is 0 Å². The number of ether oxygens (including phenoxy) is 3. The molecule has 1 aliphatic rings. The molecule has 1 heterocycles. The van der Waals surface area contributed by atoms with Crippen LogP contribution in [0.4, 0.5) is 0 Å². The SMILES string of the molecule is CCC(C)C(C(CC(=O)N1CCC1C(OC)C(C)C(=O)OC)OC)N(C)C(=O)CNC(=O)C(NC)C(C)C. The van der Waals surface area contributed by atoms with Crippen molar-refractivity contribution in [3.05, 3.63) is 0 Å². The van der Waals surface area contributed by atoms with Crippen LogP contribution in [0.15, 0.2) is 0 Å². The van der Waals surface area contributed by atoms with E-state index >= 15 is 0 Å². The summed E-state index contributed by atoms with van der Waals surface area (Å²) in [5.74, 6) is -1.41. The second-order valence-corrected chi connectivity index (χ2v) is 10.5. The number of esters is 1. The zero-order valence-electron chi connectivity index (χ0n) is 24.9. The van der Waals surface area contributed by atoms with E-state index in [1.165, 1.54) is 14.2 Å². The second-order valence-electron chi connectivity index (χ2n) is 10.5. The lowest BCUT2D eigenvalue weighted by atomic mass is 9.87. The van der Waals surface area contributed by atoms with Gasteiger partial charge in [0, 0.05) is 27.8 Å². The van der Waals surface area contributed by atoms with Gasteiger partial charge in [0.25, 0.3) is 0 Å². The summed E-state index contributed by atoms with van der Waals surface area (Å²) in [6.07, 6.45) is 0.534. The summed E-state index contributed by atoms with van der Waals surface area (Å²) in [5.41, 5.74) is 0. The van der Waals surface area contributed by atoms with Gasteiger partial charge < -0.3 is 34.6 Å². The highest BCUT2D eigenvalue weighted by atomic mass is 16.5. The lowest BCUT2D eigenvalue weighted by Crippen LogP contribution is -2.60. The van der Waals surface area contributed by atoms with E-state index in [1.54, 1.807) is 37.9 Å². The maximum absolute atomic E-state index is 13.4. The standard InChI is InChI=1S/C27H50N4O7/c1-11-17(4)24(30(7)22(33)15-29-26(34)23(28-6)16(2)3)20(36-8)14-21(32)31-13-12-19(31)25(37-9)18(5)27(35)38-10/h16-20,23-25,28H,11-15H2,1-10H3,(H,29,34). The number of carbonyl (C=O) groups is 4. The molecule has 38 heavy (non-hydrogen) atoms. The molecule has 220 valence electrons. The van der Waals surface area contributed by atoms with Gasteiger partial charge in [0.2, 0.25) is 17.7 Å². The van der Waals surface area contributed by atoms with Crippen molar-refractivity contribution in [2.75, 3.05) is 48.5 Å². The molecular formula is C27H50N4O7. The molecule has 1 fully saturated rings. The van der Waals surface area contributed by atoms with Crippen LogP contribution < -0.4 is 10.6 Å². The van der Waals surface area contributed by atoms with Crippen LogP contribution in [0.5, 0.6) is 0 Å². The topological polar surface area (TPSA) is 127 Å². The summed E-state index contributed by atoms with van der Waals surface area (Å²) in [5, 5.41) is 5.70. The lowest BCUT2D eigenvalue weighted by molar-refractivity contribution is -0.162. The number of nitrogens with zero attached hydrogens (tertiary/aromatic N) is 2. The number of hydrogen-bond donors (Lipinski definition) is 2. The van der Waals surface area contributed by atoms with Crippen molar-refractivity contribution >= 4 is 23.7 Å². The van der Waals surface area contributed by atoms with Gasteiger partial charge in [0.1, 0.15) is 0 Å². The van der Waals surface area contributed by atoms with E-state index < -0.39 is 24.2 Å². The molecule has 0 saturated carbocycles. The first-order chi connectivity index (χ1) is 17.9. The molecule has 0 radical (unpaired) electrons. The van der Waals surface area contributed by atoms with E-state index in [-0.39, 0.29) is 60.6 Å². The van der Waals surface area contributed by atoms with E-state index in [0.717, 1.165) is 12.8 Å². The van der Waals surface area contributed by atoms with E-state index in [1.807, 2.05) is 27.7 Å². The molecule has 1 aliphatic heterocycles. The van der Waals surface area contributed by atoms with Crippen LogP contribution in [0.2, 0.25) is 0 Å². The number of rotatable bonds is 16. The molecule has 7 unspecified atom stereocenters. The first-order valence-electron chi connectivity index (χ1n) is 13.5. The zero-order valence-corrected chi connectivity index (χ0v) is 24.9. The lowest BCUT2D eigenvalue weighted by Gasteiger charge is -2.47. The fourth-order valence-corrected chi connectivity index (χ4v) is 5.28. The van der Waals surface area contributed by atoms with Crippen LogP contribution in [0, 0.1) is 17.8 Å². The first kappa shape index (κ1) is 33.8. The Morgan fingerprint density at radius 2 is 1.68 bits per heavy atom. The van der Waals surface area contributed by atoms with Gasteiger partial charge in [-0.3, -0.25) is 19.2 Å². The van der Waals surface area contributed by atoms with Crippen LogP contribution in [-0.4, -0.2) is 112 Å². The number of likely N-dealkylation sites (tertiary alicyclic amines) is 1. The summed E-state index contributed by atoms with van der Waals surface area (Å²) in [6.45, 7) is 10.1. The third-order valence-corrected chi connectivity index (χ3v) is 7.90. The Morgan fingerprint density at radius 1 is 1.05 bits per heavy atom. The second kappa shape index (κ2) is 16.0. The Kier molecular flexibility index (Phi) is 14.2. The largest absolute Gasteiger partial charge is 0.469 e. The molecule has 7 atom stereocenters. The molecule has 0 bridgehead atoms. The number of amides is 3. The maximum Gasteiger partial charge on any atom is 0.311 e. The van der Waals surface area contributed by atoms with Crippen LogP contribution in [0.3, 0.4) is 0 Å². The molecule has 0 aliphatic carbocycles. The molecule has 2 N–H and O–H groups in total. The third kappa shape index (κ3) is 8.38. The minimum Gasteiger partial charge on any atom is -0.469 e. The van der Waals surface area contributed by atoms with E-state index in [4.69, 9.17) is 14.2 Å². The summed E-state index contributed by atoms with van der Waals surface area (Å²) < 4.78 is 16.2. The van der Waals surface area contributed by atoms with Crippen LogP contribution in [0.1, 0.15) is 53.9 Å². The van der Waals surface area contributed by atoms with E-state index in [9.17, 15) is 19.2 Å². The highest BCUT2D eigenvalue weighted by Gasteiger charge is 2.44. The third-order valence-electron chi connectivity index (χ3n) is 7.90. The number of likely N-dealkylation sites (N-methyl/N-ethyl adjacent to an activating group) is 2. The average molecular weight is 543 g/mol. The summed E-state index contributed by atoms with van der Waals surface area (Å²) in [6, 6.07) is -1.02. The van der Waals surface area contributed by atoms with Gasteiger partial charge >= 0.3 is 5.97 Å². The molecule has 1 saturated heterocycles. The Morgan fingerprint density at radius 3 is 2.11 bits per heavy atom. The molecule has 0 spiro atoms. The summed E-state index contributed by atoms with van der Waals surface area (Å²) in [7, 11) is 7.80.